The van der Waals surface area contributed by atoms with E-state index in [9.17, 15) is 0 Å². The fraction of sp³-hybridized carbons (Fsp3) is 0.571. The van der Waals surface area contributed by atoms with Gasteiger partial charge >= 0.3 is 0 Å². The van der Waals surface area contributed by atoms with Crippen LogP contribution in [-0.4, -0.2) is 19.0 Å². The molecule has 0 radical (unpaired) electrons. The van der Waals surface area contributed by atoms with Gasteiger partial charge < -0.3 is 4.90 Å². The fourth-order valence-corrected chi connectivity index (χ4v) is 1.99. The number of unbranched alkanes of at least 4 members (excludes halogenated alkanes) is 2. The maximum atomic E-state index is 2.32. The summed E-state index contributed by atoms with van der Waals surface area (Å²) in [6, 6.07) is 11.4. The molecule has 0 spiro atoms. The third-order valence-corrected chi connectivity index (χ3v) is 2.89. The van der Waals surface area contributed by atoms with E-state index in [1.54, 1.807) is 0 Å². The van der Waals surface area contributed by atoms with E-state index in [1.165, 1.54) is 31.2 Å². The first-order chi connectivity index (χ1) is 7.25. The van der Waals surface area contributed by atoms with Crippen LogP contribution in [0.3, 0.4) is 0 Å². The van der Waals surface area contributed by atoms with E-state index in [2.05, 4.69) is 56.3 Å². The Morgan fingerprint density at radius 2 is 1.73 bits per heavy atom. The summed E-state index contributed by atoms with van der Waals surface area (Å²) in [5.41, 5.74) is 1.44. The molecule has 15 heavy (non-hydrogen) atoms. The zero-order chi connectivity index (χ0) is 11.1. The molecular formula is C14H23N. The van der Waals surface area contributed by atoms with Crippen LogP contribution in [0.1, 0.15) is 44.2 Å². The summed E-state index contributed by atoms with van der Waals surface area (Å²) >= 11 is 0. The first-order valence-electron chi connectivity index (χ1n) is 5.97. The highest BCUT2D eigenvalue weighted by molar-refractivity contribution is 5.18. The van der Waals surface area contributed by atoms with Gasteiger partial charge in [0.25, 0.3) is 0 Å². The van der Waals surface area contributed by atoms with Crippen LogP contribution in [0.2, 0.25) is 0 Å². The Hall–Kier alpha value is -0.820. The maximum Gasteiger partial charge on any atom is 0.0342 e. The Morgan fingerprint density at radius 1 is 1.07 bits per heavy atom. The van der Waals surface area contributed by atoms with E-state index in [4.69, 9.17) is 0 Å². The first-order valence-corrected chi connectivity index (χ1v) is 5.97. The Morgan fingerprint density at radius 3 is 2.27 bits per heavy atom. The van der Waals surface area contributed by atoms with E-state index < -0.39 is 0 Å². The van der Waals surface area contributed by atoms with Crippen molar-refractivity contribution < 1.29 is 0 Å². The van der Waals surface area contributed by atoms with Gasteiger partial charge in [-0.05, 0) is 26.1 Å². The number of nitrogens with zero attached hydrogens (tertiary/aromatic N) is 1. The molecule has 0 aliphatic carbocycles. The lowest BCUT2D eigenvalue weighted by atomic mass is 10.00. The summed E-state index contributed by atoms with van der Waals surface area (Å²) in [7, 11) is 4.34. The van der Waals surface area contributed by atoms with Crippen molar-refractivity contribution >= 4 is 0 Å². The molecule has 1 heteroatoms. The van der Waals surface area contributed by atoms with Gasteiger partial charge in [-0.25, -0.2) is 0 Å². The molecule has 1 aromatic carbocycles. The number of benzene rings is 1. The first kappa shape index (κ1) is 12.3. The molecule has 1 nitrogen and oxygen atoms in total. The Balaban J connectivity index is 2.58. The topological polar surface area (TPSA) is 3.24 Å². The van der Waals surface area contributed by atoms with Crippen LogP contribution >= 0.6 is 0 Å². The van der Waals surface area contributed by atoms with Crippen molar-refractivity contribution in [1.82, 2.24) is 4.90 Å². The van der Waals surface area contributed by atoms with Gasteiger partial charge in [0.2, 0.25) is 0 Å². The van der Waals surface area contributed by atoms with Crippen LogP contribution < -0.4 is 0 Å². The lowest BCUT2D eigenvalue weighted by Gasteiger charge is -2.24. The number of rotatable bonds is 6. The SMILES string of the molecule is CCCCCC(c1ccccc1)N(C)C. The second kappa shape index (κ2) is 6.62. The average Bonchev–Trinajstić information content (AvgIpc) is 2.25. The number of hydrogen-bond donors (Lipinski definition) is 0. The largest absolute Gasteiger partial charge is 0.302 e. The zero-order valence-electron chi connectivity index (χ0n) is 10.2. The van der Waals surface area contributed by atoms with Crippen molar-refractivity contribution in [3.63, 3.8) is 0 Å². The third-order valence-electron chi connectivity index (χ3n) is 2.89. The van der Waals surface area contributed by atoms with E-state index in [0.29, 0.717) is 6.04 Å². The van der Waals surface area contributed by atoms with Gasteiger partial charge in [-0.3, -0.25) is 0 Å². The van der Waals surface area contributed by atoms with Crippen LogP contribution in [0.4, 0.5) is 0 Å². The molecule has 0 heterocycles. The molecule has 0 amide bonds. The average molecular weight is 205 g/mol. The molecule has 0 N–H and O–H groups in total. The van der Waals surface area contributed by atoms with Crippen LogP contribution in [0, 0.1) is 0 Å². The quantitative estimate of drug-likeness (QED) is 0.637. The van der Waals surface area contributed by atoms with Gasteiger partial charge in [0.15, 0.2) is 0 Å². The summed E-state index contributed by atoms with van der Waals surface area (Å²) in [6.07, 6.45) is 5.24. The zero-order valence-corrected chi connectivity index (χ0v) is 10.2. The van der Waals surface area contributed by atoms with Gasteiger partial charge in [-0.2, -0.15) is 0 Å². The third kappa shape index (κ3) is 4.05. The molecule has 0 saturated carbocycles. The minimum atomic E-state index is 0.581. The summed E-state index contributed by atoms with van der Waals surface area (Å²) in [5, 5.41) is 0. The van der Waals surface area contributed by atoms with Crippen LogP contribution in [-0.2, 0) is 0 Å². The van der Waals surface area contributed by atoms with Gasteiger partial charge in [0.1, 0.15) is 0 Å². The molecule has 84 valence electrons. The number of hydrogen-bond acceptors (Lipinski definition) is 1. The summed E-state index contributed by atoms with van der Waals surface area (Å²) in [4.78, 5) is 2.32. The van der Waals surface area contributed by atoms with E-state index in [-0.39, 0.29) is 0 Å². The molecule has 1 aromatic rings. The molecule has 0 bridgehead atoms. The van der Waals surface area contributed by atoms with Gasteiger partial charge in [0.05, 0.1) is 0 Å². The smallest absolute Gasteiger partial charge is 0.0342 e. The summed E-state index contributed by atoms with van der Waals surface area (Å²) in [6.45, 7) is 2.26. The predicted molar refractivity (Wildman–Crippen MR) is 67.0 cm³/mol. The second-order valence-electron chi connectivity index (χ2n) is 4.39. The lowest BCUT2D eigenvalue weighted by Crippen LogP contribution is -2.19. The minimum absolute atomic E-state index is 0.581. The molecule has 0 saturated heterocycles. The highest BCUT2D eigenvalue weighted by atomic mass is 15.1. The maximum absolute atomic E-state index is 2.32. The highest BCUT2D eigenvalue weighted by Crippen LogP contribution is 2.23. The highest BCUT2D eigenvalue weighted by Gasteiger charge is 2.12. The molecule has 1 rings (SSSR count). The van der Waals surface area contributed by atoms with Crippen molar-refractivity contribution in [3.05, 3.63) is 35.9 Å². The molecule has 0 aliphatic heterocycles. The van der Waals surface area contributed by atoms with Crippen LogP contribution in [0.5, 0.6) is 0 Å². The lowest BCUT2D eigenvalue weighted by molar-refractivity contribution is 0.277. The fourth-order valence-electron chi connectivity index (χ4n) is 1.99. The standard InChI is InChI=1S/C14H23N/c1-4-5-7-12-14(15(2)3)13-10-8-6-9-11-13/h6,8-11,14H,4-5,7,12H2,1-3H3. The van der Waals surface area contributed by atoms with Crippen molar-refractivity contribution in [2.45, 2.75) is 38.6 Å². The van der Waals surface area contributed by atoms with E-state index in [1.807, 2.05) is 0 Å². The molecule has 0 aromatic heterocycles. The summed E-state index contributed by atoms with van der Waals surface area (Å²) < 4.78 is 0. The van der Waals surface area contributed by atoms with E-state index in [0.717, 1.165) is 0 Å². The Bertz CT molecular complexity index is 253. The van der Waals surface area contributed by atoms with Crippen molar-refractivity contribution in [1.29, 1.82) is 0 Å². The van der Waals surface area contributed by atoms with Crippen LogP contribution in [0.15, 0.2) is 30.3 Å². The second-order valence-corrected chi connectivity index (χ2v) is 4.39. The monoisotopic (exact) mass is 205 g/mol. The van der Waals surface area contributed by atoms with Gasteiger partial charge in [-0.15, -0.1) is 0 Å². The predicted octanol–water partition coefficient (Wildman–Crippen LogP) is 3.87. The molecule has 1 unspecified atom stereocenters. The van der Waals surface area contributed by atoms with Gasteiger partial charge in [0, 0.05) is 6.04 Å². The molecule has 1 atom stereocenters. The minimum Gasteiger partial charge on any atom is -0.302 e. The normalized spacial score (nSPS) is 13.1. The van der Waals surface area contributed by atoms with Crippen molar-refractivity contribution in [3.8, 4) is 0 Å². The molecular weight excluding hydrogens is 182 g/mol. The van der Waals surface area contributed by atoms with Gasteiger partial charge in [-0.1, -0.05) is 56.5 Å². The Labute approximate surface area is 94.1 Å². The Kier molecular flexibility index (Phi) is 5.41. The molecule has 0 aliphatic rings. The molecule has 0 fully saturated rings. The van der Waals surface area contributed by atoms with Crippen molar-refractivity contribution in [2.75, 3.05) is 14.1 Å². The summed E-state index contributed by atoms with van der Waals surface area (Å²) in [5.74, 6) is 0. The van der Waals surface area contributed by atoms with Crippen LogP contribution in [0.25, 0.3) is 0 Å². The van der Waals surface area contributed by atoms with Crippen molar-refractivity contribution in [2.24, 2.45) is 0 Å². The van der Waals surface area contributed by atoms with E-state index >= 15 is 0 Å².